The Morgan fingerprint density at radius 1 is 1.19 bits per heavy atom. The summed E-state index contributed by atoms with van der Waals surface area (Å²) in [5.74, 6) is 0.0178. The van der Waals surface area contributed by atoms with Crippen LogP contribution in [0.3, 0.4) is 0 Å². The van der Waals surface area contributed by atoms with Crippen LogP contribution in [0.1, 0.15) is 36.8 Å². The van der Waals surface area contributed by atoms with Gasteiger partial charge in [-0.15, -0.1) is 0 Å². The van der Waals surface area contributed by atoms with Crippen LogP contribution >= 0.6 is 0 Å². The molecule has 0 saturated carbocycles. The lowest BCUT2D eigenvalue weighted by Gasteiger charge is -2.36. The molecule has 5 nitrogen and oxygen atoms in total. The predicted octanol–water partition coefficient (Wildman–Crippen LogP) is 0.963. The fourth-order valence-electron chi connectivity index (χ4n) is 3.69. The van der Waals surface area contributed by atoms with E-state index in [0.29, 0.717) is 19.4 Å². The molecule has 0 radical (unpaired) electrons. The van der Waals surface area contributed by atoms with E-state index in [2.05, 4.69) is 0 Å². The second-order valence-corrected chi connectivity index (χ2v) is 7.99. The van der Waals surface area contributed by atoms with Crippen LogP contribution in [0.2, 0.25) is 0 Å². The number of rotatable bonds is 4. The second kappa shape index (κ2) is 5.68. The fraction of sp³-hybridized carbons (Fsp3) is 0.600. The highest BCUT2D eigenvalue weighted by atomic mass is 32.2. The summed E-state index contributed by atoms with van der Waals surface area (Å²) in [6.07, 6.45) is 2.51. The Labute approximate surface area is 125 Å². The molecule has 3 N–H and O–H groups in total. The zero-order chi connectivity index (χ0) is 15.0. The average Bonchev–Trinajstić information content (AvgIpc) is 2.72. The van der Waals surface area contributed by atoms with E-state index in [1.807, 2.05) is 24.3 Å². The standard InChI is InChI=1S/C15H22N2O3S/c16-9-11-2-1-3-12(6-11)10-21(19,20)17-13-4-5-14(17)8-15(18)7-13/h1-3,6,13-15,18H,4-5,7-10,16H2. The number of piperidine rings is 1. The molecule has 2 heterocycles. The predicted molar refractivity (Wildman–Crippen MR) is 80.8 cm³/mol. The smallest absolute Gasteiger partial charge is 0.218 e. The van der Waals surface area contributed by atoms with Gasteiger partial charge in [-0.05, 0) is 36.8 Å². The maximum Gasteiger partial charge on any atom is 0.218 e. The third-order valence-electron chi connectivity index (χ3n) is 4.54. The molecule has 1 aromatic rings. The van der Waals surface area contributed by atoms with Crippen molar-refractivity contribution >= 4 is 10.0 Å². The Balaban J connectivity index is 1.81. The molecule has 0 aromatic heterocycles. The molecular weight excluding hydrogens is 288 g/mol. The number of hydrogen-bond acceptors (Lipinski definition) is 4. The van der Waals surface area contributed by atoms with Gasteiger partial charge in [-0.25, -0.2) is 8.42 Å². The van der Waals surface area contributed by atoms with Gasteiger partial charge in [-0.1, -0.05) is 24.3 Å². The van der Waals surface area contributed by atoms with Gasteiger partial charge in [0.05, 0.1) is 11.9 Å². The fourth-order valence-corrected chi connectivity index (χ4v) is 5.73. The number of aliphatic hydroxyl groups excluding tert-OH is 1. The summed E-state index contributed by atoms with van der Waals surface area (Å²) >= 11 is 0. The molecule has 6 heteroatoms. The van der Waals surface area contributed by atoms with Gasteiger partial charge in [0.1, 0.15) is 0 Å². The van der Waals surface area contributed by atoms with Crippen molar-refractivity contribution < 1.29 is 13.5 Å². The SMILES string of the molecule is NCc1cccc(CS(=O)(=O)N2C3CCC2CC(O)C3)c1. The minimum absolute atomic E-state index is 0.0178. The van der Waals surface area contributed by atoms with Crippen molar-refractivity contribution in [3.8, 4) is 0 Å². The van der Waals surface area contributed by atoms with E-state index < -0.39 is 10.0 Å². The first-order valence-corrected chi connectivity index (χ1v) is 9.07. The van der Waals surface area contributed by atoms with Crippen LogP contribution in [-0.2, 0) is 22.3 Å². The van der Waals surface area contributed by atoms with E-state index in [1.54, 1.807) is 4.31 Å². The molecular formula is C15H22N2O3S. The molecule has 116 valence electrons. The van der Waals surface area contributed by atoms with E-state index in [9.17, 15) is 13.5 Å². The van der Waals surface area contributed by atoms with E-state index in [1.165, 1.54) is 0 Å². The Hall–Kier alpha value is -0.950. The number of benzene rings is 1. The molecule has 2 atom stereocenters. The van der Waals surface area contributed by atoms with Crippen molar-refractivity contribution in [2.45, 2.75) is 56.2 Å². The van der Waals surface area contributed by atoms with E-state index >= 15 is 0 Å². The lowest BCUT2D eigenvalue weighted by atomic mass is 10.0. The van der Waals surface area contributed by atoms with Crippen molar-refractivity contribution in [3.05, 3.63) is 35.4 Å². The number of sulfonamides is 1. The van der Waals surface area contributed by atoms with Crippen LogP contribution in [0.5, 0.6) is 0 Å². The average molecular weight is 310 g/mol. The summed E-state index contributed by atoms with van der Waals surface area (Å²) in [6, 6.07) is 7.39. The van der Waals surface area contributed by atoms with Crippen molar-refractivity contribution in [1.29, 1.82) is 0 Å². The Bertz CT molecular complexity index is 603. The summed E-state index contributed by atoms with van der Waals surface area (Å²) in [4.78, 5) is 0. The largest absolute Gasteiger partial charge is 0.393 e. The summed E-state index contributed by atoms with van der Waals surface area (Å²) in [5.41, 5.74) is 7.33. The van der Waals surface area contributed by atoms with Gasteiger partial charge in [0.25, 0.3) is 0 Å². The van der Waals surface area contributed by atoms with Crippen LogP contribution in [-0.4, -0.2) is 36.0 Å². The van der Waals surface area contributed by atoms with Gasteiger partial charge in [-0.2, -0.15) is 4.31 Å². The minimum atomic E-state index is -3.34. The highest BCUT2D eigenvalue weighted by Crippen LogP contribution is 2.38. The van der Waals surface area contributed by atoms with Gasteiger partial charge in [0.2, 0.25) is 10.0 Å². The van der Waals surface area contributed by atoms with E-state index in [-0.39, 0.29) is 23.9 Å². The highest BCUT2D eigenvalue weighted by Gasteiger charge is 2.46. The number of fused-ring (bicyclic) bond motifs is 2. The van der Waals surface area contributed by atoms with Crippen molar-refractivity contribution in [1.82, 2.24) is 4.31 Å². The molecule has 0 amide bonds. The van der Waals surface area contributed by atoms with Gasteiger partial charge in [-0.3, -0.25) is 0 Å². The first-order chi connectivity index (χ1) is 9.99. The van der Waals surface area contributed by atoms with Crippen LogP contribution in [0, 0.1) is 0 Å². The number of nitrogens with zero attached hydrogens (tertiary/aromatic N) is 1. The Kier molecular flexibility index (Phi) is 4.05. The molecule has 0 spiro atoms. The molecule has 3 rings (SSSR count). The van der Waals surface area contributed by atoms with E-state index in [0.717, 1.165) is 24.0 Å². The van der Waals surface area contributed by atoms with Gasteiger partial charge in [0, 0.05) is 18.6 Å². The molecule has 1 aromatic carbocycles. The molecule has 2 fully saturated rings. The molecule has 0 aliphatic carbocycles. The monoisotopic (exact) mass is 310 g/mol. The molecule has 2 bridgehead atoms. The molecule has 2 aliphatic heterocycles. The van der Waals surface area contributed by atoms with Gasteiger partial charge < -0.3 is 10.8 Å². The van der Waals surface area contributed by atoms with Gasteiger partial charge >= 0.3 is 0 Å². The summed E-state index contributed by atoms with van der Waals surface area (Å²) in [7, 11) is -3.34. The third kappa shape index (κ3) is 2.99. The normalized spacial score (nSPS) is 29.7. The minimum Gasteiger partial charge on any atom is -0.393 e. The first kappa shape index (κ1) is 15.0. The van der Waals surface area contributed by atoms with Crippen LogP contribution in [0.25, 0.3) is 0 Å². The lowest BCUT2D eigenvalue weighted by Crippen LogP contribution is -2.48. The summed E-state index contributed by atoms with van der Waals surface area (Å²) in [5, 5.41) is 9.80. The van der Waals surface area contributed by atoms with Gasteiger partial charge in [0.15, 0.2) is 0 Å². The maximum absolute atomic E-state index is 12.7. The number of aliphatic hydroxyl groups is 1. The Morgan fingerprint density at radius 2 is 1.81 bits per heavy atom. The maximum atomic E-state index is 12.7. The van der Waals surface area contributed by atoms with Crippen molar-refractivity contribution in [3.63, 3.8) is 0 Å². The van der Waals surface area contributed by atoms with Crippen molar-refractivity contribution in [2.75, 3.05) is 0 Å². The highest BCUT2D eigenvalue weighted by molar-refractivity contribution is 7.88. The van der Waals surface area contributed by atoms with Crippen LogP contribution < -0.4 is 5.73 Å². The molecule has 2 saturated heterocycles. The first-order valence-electron chi connectivity index (χ1n) is 7.47. The molecule has 2 aliphatic rings. The van der Waals surface area contributed by atoms with Crippen LogP contribution in [0.15, 0.2) is 24.3 Å². The lowest BCUT2D eigenvalue weighted by molar-refractivity contribution is 0.0768. The van der Waals surface area contributed by atoms with E-state index in [4.69, 9.17) is 5.73 Å². The number of nitrogens with two attached hydrogens (primary N) is 1. The quantitative estimate of drug-likeness (QED) is 0.868. The number of hydrogen-bond donors (Lipinski definition) is 2. The topological polar surface area (TPSA) is 83.6 Å². The zero-order valence-corrected chi connectivity index (χ0v) is 12.8. The molecule has 21 heavy (non-hydrogen) atoms. The van der Waals surface area contributed by atoms with Crippen molar-refractivity contribution in [2.24, 2.45) is 5.73 Å². The molecule has 2 unspecified atom stereocenters. The van der Waals surface area contributed by atoms with Crippen LogP contribution in [0.4, 0.5) is 0 Å². The zero-order valence-electron chi connectivity index (χ0n) is 12.0. The summed E-state index contributed by atoms with van der Waals surface area (Å²) < 4.78 is 27.1. The Morgan fingerprint density at radius 3 is 2.43 bits per heavy atom. The second-order valence-electron chi connectivity index (χ2n) is 6.12. The summed E-state index contributed by atoms with van der Waals surface area (Å²) in [6.45, 7) is 0.412. The third-order valence-corrected chi connectivity index (χ3v) is 6.48.